The highest BCUT2D eigenvalue weighted by molar-refractivity contribution is 7.12. The molecule has 1 amide bonds. The molecular weight excluding hydrogens is 332 g/mol. The molecule has 2 heterocycles. The number of thiophene rings is 1. The first-order valence-electron chi connectivity index (χ1n) is 9.81. The Morgan fingerprint density at radius 2 is 2.24 bits per heavy atom. The van der Waals surface area contributed by atoms with Crippen molar-refractivity contribution in [2.45, 2.75) is 71.1 Å². The van der Waals surface area contributed by atoms with E-state index in [1.165, 1.54) is 10.4 Å². The second-order valence-corrected chi connectivity index (χ2v) is 8.77. The standard InChI is InChI=1S/C20H32N2O2S/c1-4-17-11-18-19(24-7-6-20(18)25-17)8-14(3)22(5-2)12-15-9-16(10-15)21-13-23/h11,13-16,19H,4-10,12H2,1-3H3,(H,21,23)/t14-,15?,16?,19?/m0/s1. The van der Waals surface area contributed by atoms with E-state index in [2.05, 4.69) is 37.1 Å². The van der Waals surface area contributed by atoms with E-state index < -0.39 is 0 Å². The zero-order chi connectivity index (χ0) is 17.8. The number of carbonyl (C=O) groups is 1. The van der Waals surface area contributed by atoms with Crippen molar-refractivity contribution >= 4 is 17.7 Å². The fourth-order valence-corrected chi connectivity index (χ4v) is 5.39. The third kappa shape index (κ3) is 4.44. The van der Waals surface area contributed by atoms with Gasteiger partial charge in [0.2, 0.25) is 6.41 Å². The molecule has 1 aliphatic carbocycles. The summed E-state index contributed by atoms with van der Waals surface area (Å²) in [7, 11) is 0. The summed E-state index contributed by atoms with van der Waals surface area (Å²) in [6, 6.07) is 3.30. The first-order valence-corrected chi connectivity index (χ1v) is 10.6. The van der Waals surface area contributed by atoms with Crippen molar-refractivity contribution < 1.29 is 9.53 Å². The molecule has 5 heteroatoms. The molecule has 1 fully saturated rings. The van der Waals surface area contributed by atoms with Gasteiger partial charge in [0.05, 0.1) is 12.7 Å². The van der Waals surface area contributed by atoms with Crippen LogP contribution < -0.4 is 5.32 Å². The lowest BCUT2D eigenvalue weighted by molar-refractivity contribution is -0.111. The summed E-state index contributed by atoms with van der Waals surface area (Å²) >= 11 is 1.98. The van der Waals surface area contributed by atoms with Gasteiger partial charge in [-0.25, -0.2) is 0 Å². The van der Waals surface area contributed by atoms with Crippen LogP contribution in [0, 0.1) is 5.92 Å². The van der Waals surface area contributed by atoms with Crippen molar-refractivity contribution in [3.05, 3.63) is 21.4 Å². The molecular formula is C20H32N2O2S. The molecule has 2 aliphatic rings. The summed E-state index contributed by atoms with van der Waals surface area (Å²) in [5.74, 6) is 0.718. The number of aryl methyl sites for hydroxylation is 1. The lowest BCUT2D eigenvalue weighted by Gasteiger charge is -2.40. The maximum absolute atomic E-state index is 10.5. The minimum atomic E-state index is 0.259. The van der Waals surface area contributed by atoms with E-state index in [0.29, 0.717) is 12.1 Å². The Labute approximate surface area is 155 Å². The third-order valence-electron chi connectivity index (χ3n) is 5.85. The lowest BCUT2D eigenvalue weighted by atomic mass is 9.79. The van der Waals surface area contributed by atoms with Crippen LogP contribution in [0.15, 0.2) is 6.07 Å². The molecule has 0 radical (unpaired) electrons. The van der Waals surface area contributed by atoms with Crippen LogP contribution in [0.4, 0.5) is 0 Å². The molecule has 1 aromatic rings. The van der Waals surface area contributed by atoms with Crippen molar-refractivity contribution in [3.63, 3.8) is 0 Å². The van der Waals surface area contributed by atoms with E-state index in [1.54, 1.807) is 4.88 Å². The number of carbonyl (C=O) groups excluding carboxylic acids is 1. The molecule has 1 N–H and O–H groups in total. The average Bonchev–Trinajstić information content (AvgIpc) is 3.01. The van der Waals surface area contributed by atoms with Gasteiger partial charge < -0.3 is 15.0 Å². The van der Waals surface area contributed by atoms with Crippen LogP contribution in [0.3, 0.4) is 0 Å². The Morgan fingerprint density at radius 3 is 2.92 bits per heavy atom. The average molecular weight is 365 g/mol. The second-order valence-electron chi connectivity index (χ2n) is 7.55. The first-order chi connectivity index (χ1) is 12.1. The van der Waals surface area contributed by atoms with Crippen molar-refractivity contribution in [3.8, 4) is 0 Å². The fourth-order valence-electron chi connectivity index (χ4n) is 4.25. The van der Waals surface area contributed by atoms with Gasteiger partial charge >= 0.3 is 0 Å². The Hall–Kier alpha value is -0.910. The minimum absolute atomic E-state index is 0.259. The SMILES string of the molecule is CCc1cc2c(s1)CCOC2C[C@H](C)N(CC)CC1CC(NC=O)C1. The van der Waals surface area contributed by atoms with Crippen LogP contribution in [0.2, 0.25) is 0 Å². The van der Waals surface area contributed by atoms with Crippen molar-refractivity contribution in [1.29, 1.82) is 0 Å². The van der Waals surface area contributed by atoms with Crippen molar-refractivity contribution in [2.24, 2.45) is 5.92 Å². The molecule has 1 aliphatic heterocycles. The Morgan fingerprint density at radius 1 is 1.44 bits per heavy atom. The van der Waals surface area contributed by atoms with E-state index in [1.807, 2.05) is 11.3 Å². The fraction of sp³-hybridized carbons (Fsp3) is 0.750. The summed E-state index contributed by atoms with van der Waals surface area (Å²) in [6.45, 7) is 9.91. The number of ether oxygens (including phenoxy) is 1. The Kier molecular flexibility index (Phi) is 6.53. The lowest BCUT2D eigenvalue weighted by Crippen LogP contribution is -2.47. The molecule has 0 aromatic carbocycles. The summed E-state index contributed by atoms with van der Waals surface area (Å²) < 4.78 is 6.15. The van der Waals surface area contributed by atoms with Crippen LogP contribution in [0.1, 0.15) is 61.5 Å². The highest BCUT2D eigenvalue weighted by atomic mass is 32.1. The van der Waals surface area contributed by atoms with Gasteiger partial charge in [-0.05, 0) is 56.7 Å². The highest BCUT2D eigenvalue weighted by Crippen LogP contribution is 2.37. The van der Waals surface area contributed by atoms with Crippen molar-refractivity contribution in [2.75, 3.05) is 19.7 Å². The van der Waals surface area contributed by atoms with Crippen LogP contribution in [-0.4, -0.2) is 43.1 Å². The first kappa shape index (κ1) is 18.9. The van der Waals surface area contributed by atoms with Crippen LogP contribution in [-0.2, 0) is 22.4 Å². The highest BCUT2D eigenvalue weighted by Gasteiger charge is 2.32. The van der Waals surface area contributed by atoms with E-state index in [9.17, 15) is 4.79 Å². The molecule has 25 heavy (non-hydrogen) atoms. The van der Waals surface area contributed by atoms with Crippen LogP contribution >= 0.6 is 11.3 Å². The molecule has 3 rings (SSSR count). The smallest absolute Gasteiger partial charge is 0.207 e. The molecule has 2 atom stereocenters. The van der Waals surface area contributed by atoms with Gasteiger partial charge in [0.15, 0.2) is 0 Å². The van der Waals surface area contributed by atoms with Gasteiger partial charge in [-0.3, -0.25) is 4.79 Å². The van der Waals surface area contributed by atoms with E-state index in [0.717, 1.165) is 64.1 Å². The maximum Gasteiger partial charge on any atom is 0.207 e. The molecule has 4 nitrogen and oxygen atoms in total. The normalized spacial score (nSPS) is 26.8. The number of rotatable bonds is 9. The topological polar surface area (TPSA) is 41.6 Å². The molecule has 0 saturated heterocycles. The molecule has 0 bridgehead atoms. The predicted octanol–water partition coefficient (Wildman–Crippen LogP) is 3.55. The van der Waals surface area contributed by atoms with Gasteiger partial charge in [-0.15, -0.1) is 11.3 Å². The summed E-state index contributed by atoms with van der Waals surface area (Å²) in [6.07, 6.45) is 6.62. The van der Waals surface area contributed by atoms with E-state index in [-0.39, 0.29) is 6.10 Å². The molecule has 140 valence electrons. The number of nitrogens with zero attached hydrogens (tertiary/aromatic N) is 1. The predicted molar refractivity (Wildman–Crippen MR) is 103 cm³/mol. The number of nitrogens with one attached hydrogen (secondary N) is 1. The van der Waals surface area contributed by atoms with E-state index in [4.69, 9.17) is 4.74 Å². The maximum atomic E-state index is 10.5. The summed E-state index contributed by atoms with van der Waals surface area (Å²) in [4.78, 5) is 16.1. The Balaban J connectivity index is 1.55. The number of hydrogen-bond donors (Lipinski definition) is 1. The summed E-state index contributed by atoms with van der Waals surface area (Å²) in [5, 5.41) is 2.90. The second kappa shape index (κ2) is 8.65. The molecule has 1 saturated carbocycles. The third-order valence-corrected chi connectivity index (χ3v) is 7.21. The monoisotopic (exact) mass is 364 g/mol. The largest absolute Gasteiger partial charge is 0.373 e. The van der Waals surface area contributed by atoms with E-state index >= 15 is 0 Å². The zero-order valence-corrected chi connectivity index (χ0v) is 16.6. The van der Waals surface area contributed by atoms with Gasteiger partial charge in [0.1, 0.15) is 0 Å². The van der Waals surface area contributed by atoms with Gasteiger partial charge in [-0.2, -0.15) is 0 Å². The van der Waals surface area contributed by atoms with Gasteiger partial charge in [0, 0.05) is 34.8 Å². The zero-order valence-electron chi connectivity index (χ0n) is 15.8. The summed E-state index contributed by atoms with van der Waals surface area (Å²) in [5.41, 5.74) is 1.45. The molecule has 1 unspecified atom stereocenters. The quantitative estimate of drug-likeness (QED) is 0.681. The van der Waals surface area contributed by atoms with Crippen molar-refractivity contribution in [1.82, 2.24) is 10.2 Å². The minimum Gasteiger partial charge on any atom is -0.373 e. The van der Waals surface area contributed by atoms with Gasteiger partial charge in [0.25, 0.3) is 0 Å². The Bertz CT molecular complexity index is 568. The number of hydrogen-bond acceptors (Lipinski definition) is 4. The van der Waals surface area contributed by atoms with Gasteiger partial charge in [-0.1, -0.05) is 13.8 Å². The number of fused-ring (bicyclic) bond motifs is 1. The molecule has 1 aromatic heterocycles. The number of amides is 1. The molecule has 0 spiro atoms. The van der Waals surface area contributed by atoms with Crippen LogP contribution in [0.25, 0.3) is 0 Å². The van der Waals surface area contributed by atoms with Crippen LogP contribution in [0.5, 0.6) is 0 Å².